The highest BCUT2D eigenvalue weighted by molar-refractivity contribution is 5.69. The van der Waals surface area contributed by atoms with Gasteiger partial charge in [0, 0.05) is 6.42 Å². The van der Waals surface area contributed by atoms with Crippen LogP contribution in [0.4, 0.5) is 0 Å². The molecule has 1 saturated heterocycles. The zero-order valence-corrected chi connectivity index (χ0v) is 13.9. The van der Waals surface area contributed by atoms with Crippen LogP contribution in [0.5, 0.6) is 0 Å². The number of hydrogen-bond donors (Lipinski definition) is 0. The summed E-state index contributed by atoms with van der Waals surface area (Å²) >= 11 is 0. The first-order valence-electron chi connectivity index (χ1n) is 9.10. The van der Waals surface area contributed by atoms with E-state index in [-0.39, 0.29) is 5.97 Å². The zero-order valence-electron chi connectivity index (χ0n) is 13.9. The molecule has 0 radical (unpaired) electrons. The van der Waals surface area contributed by atoms with E-state index in [1.807, 2.05) is 0 Å². The number of carbonyl (C=O) groups is 1. The molecule has 0 aliphatic carbocycles. The van der Waals surface area contributed by atoms with Crippen LogP contribution in [0.2, 0.25) is 0 Å². The minimum Gasteiger partial charge on any atom is -0.466 e. The van der Waals surface area contributed by atoms with Gasteiger partial charge in [-0.2, -0.15) is 0 Å². The second-order valence-electron chi connectivity index (χ2n) is 6.25. The summed E-state index contributed by atoms with van der Waals surface area (Å²) in [4.78, 5) is 11.5. The number of unbranched alkanes of at least 4 members (excludes halogenated alkanes) is 9. The van der Waals surface area contributed by atoms with Gasteiger partial charge in [0.2, 0.25) is 0 Å². The fourth-order valence-corrected chi connectivity index (χ4v) is 2.55. The third kappa shape index (κ3) is 12.9. The molecule has 21 heavy (non-hydrogen) atoms. The summed E-state index contributed by atoms with van der Waals surface area (Å²) in [6, 6.07) is 0. The lowest BCUT2D eigenvalue weighted by Crippen LogP contribution is -2.05. The van der Waals surface area contributed by atoms with Gasteiger partial charge in [0.25, 0.3) is 0 Å². The zero-order chi connectivity index (χ0) is 15.2. The van der Waals surface area contributed by atoms with Crippen LogP contribution >= 0.6 is 0 Å². The third-order valence-electron chi connectivity index (χ3n) is 4.07. The molecule has 0 aromatic heterocycles. The van der Waals surface area contributed by atoms with Crippen LogP contribution in [-0.2, 0) is 14.3 Å². The SMILES string of the molecule is CCCCCCCCOC(=O)CCCCCCCC1CO1. The monoisotopic (exact) mass is 298 g/mol. The van der Waals surface area contributed by atoms with Gasteiger partial charge in [-0.3, -0.25) is 4.79 Å². The van der Waals surface area contributed by atoms with Crippen molar-refractivity contribution >= 4 is 5.97 Å². The highest BCUT2D eigenvalue weighted by Gasteiger charge is 2.20. The quantitative estimate of drug-likeness (QED) is 0.242. The van der Waals surface area contributed by atoms with Crippen molar-refractivity contribution < 1.29 is 14.3 Å². The Labute approximate surface area is 130 Å². The summed E-state index contributed by atoms with van der Waals surface area (Å²) in [7, 11) is 0. The highest BCUT2D eigenvalue weighted by atomic mass is 16.6. The maximum atomic E-state index is 11.5. The van der Waals surface area contributed by atoms with Gasteiger partial charge in [-0.1, -0.05) is 64.7 Å². The Kier molecular flexibility index (Phi) is 11.5. The van der Waals surface area contributed by atoms with E-state index in [2.05, 4.69) is 6.92 Å². The second kappa shape index (κ2) is 13.1. The minimum absolute atomic E-state index is 0.00469. The molecule has 3 heteroatoms. The fraction of sp³-hybridized carbons (Fsp3) is 0.944. The molecule has 0 N–H and O–H groups in total. The molecule has 0 aromatic rings. The molecule has 1 aliphatic rings. The maximum absolute atomic E-state index is 11.5. The molecule has 1 fully saturated rings. The Balaban J connectivity index is 1.72. The Morgan fingerprint density at radius 1 is 0.952 bits per heavy atom. The van der Waals surface area contributed by atoms with E-state index in [4.69, 9.17) is 9.47 Å². The van der Waals surface area contributed by atoms with Crippen molar-refractivity contribution in [2.45, 2.75) is 96.5 Å². The van der Waals surface area contributed by atoms with Crippen LogP contribution in [0.25, 0.3) is 0 Å². The van der Waals surface area contributed by atoms with E-state index in [1.54, 1.807) is 0 Å². The van der Waals surface area contributed by atoms with E-state index < -0.39 is 0 Å². The molecule has 0 saturated carbocycles. The molecular weight excluding hydrogens is 264 g/mol. The largest absolute Gasteiger partial charge is 0.466 e. The lowest BCUT2D eigenvalue weighted by atomic mass is 10.1. The highest BCUT2D eigenvalue weighted by Crippen LogP contribution is 2.18. The van der Waals surface area contributed by atoms with Crippen LogP contribution in [0, 0.1) is 0 Å². The molecular formula is C18H34O3. The van der Waals surface area contributed by atoms with Crippen molar-refractivity contribution in [3.05, 3.63) is 0 Å². The van der Waals surface area contributed by atoms with E-state index in [9.17, 15) is 4.79 Å². The van der Waals surface area contributed by atoms with Crippen molar-refractivity contribution in [1.29, 1.82) is 0 Å². The van der Waals surface area contributed by atoms with Gasteiger partial charge in [0.05, 0.1) is 19.3 Å². The Morgan fingerprint density at radius 3 is 2.29 bits per heavy atom. The summed E-state index contributed by atoms with van der Waals surface area (Å²) in [6.07, 6.45) is 15.7. The second-order valence-corrected chi connectivity index (χ2v) is 6.25. The average Bonchev–Trinajstić information content (AvgIpc) is 3.29. The van der Waals surface area contributed by atoms with Crippen LogP contribution in [0.15, 0.2) is 0 Å². The topological polar surface area (TPSA) is 38.8 Å². The maximum Gasteiger partial charge on any atom is 0.305 e. The molecule has 1 atom stereocenters. The smallest absolute Gasteiger partial charge is 0.305 e. The predicted molar refractivity (Wildman–Crippen MR) is 86.4 cm³/mol. The standard InChI is InChI=1S/C18H34O3/c1-2-3-4-5-9-12-15-20-18(19)14-11-8-6-7-10-13-17-16-21-17/h17H,2-16H2,1H3. The normalized spacial score (nSPS) is 16.9. The van der Waals surface area contributed by atoms with Gasteiger partial charge in [0.15, 0.2) is 0 Å². The van der Waals surface area contributed by atoms with Gasteiger partial charge < -0.3 is 9.47 Å². The molecule has 0 spiro atoms. The molecule has 124 valence electrons. The van der Waals surface area contributed by atoms with Crippen LogP contribution < -0.4 is 0 Å². The van der Waals surface area contributed by atoms with E-state index in [0.717, 1.165) is 25.9 Å². The Morgan fingerprint density at radius 2 is 1.57 bits per heavy atom. The Bertz CT molecular complexity index is 249. The van der Waals surface area contributed by atoms with E-state index in [0.29, 0.717) is 19.1 Å². The van der Waals surface area contributed by atoms with Crippen LogP contribution in [0.1, 0.15) is 90.4 Å². The predicted octanol–water partition coefficient (Wildman–Crippen LogP) is 5.02. The lowest BCUT2D eigenvalue weighted by molar-refractivity contribution is -0.143. The summed E-state index contributed by atoms with van der Waals surface area (Å²) in [5.41, 5.74) is 0. The number of esters is 1. The minimum atomic E-state index is -0.00469. The van der Waals surface area contributed by atoms with Gasteiger partial charge in [-0.25, -0.2) is 0 Å². The molecule has 3 nitrogen and oxygen atoms in total. The molecule has 0 amide bonds. The van der Waals surface area contributed by atoms with Crippen molar-refractivity contribution in [3.8, 4) is 0 Å². The van der Waals surface area contributed by atoms with Crippen LogP contribution in [-0.4, -0.2) is 25.3 Å². The summed E-state index contributed by atoms with van der Waals surface area (Å²) in [5, 5.41) is 0. The number of carbonyl (C=O) groups excluding carboxylic acids is 1. The molecule has 0 bridgehead atoms. The molecule has 1 rings (SSSR count). The van der Waals surface area contributed by atoms with Gasteiger partial charge in [0.1, 0.15) is 0 Å². The molecule has 1 unspecified atom stereocenters. The molecule has 1 heterocycles. The molecule has 1 aliphatic heterocycles. The van der Waals surface area contributed by atoms with E-state index in [1.165, 1.54) is 57.8 Å². The summed E-state index contributed by atoms with van der Waals surface area (Å²) in [6.45, 7) is 3.82. The van der Waals surface area contributed by atoms with Gasteiger partial charge in [-0.15, -0.1) is 0 Å². The van der Waals surface area contributed by atoms with Crippen molar-refractivity contribution in [3.63, 3.8) is 0 Å². The van der Waals surface area contributed by atoms with E-state index >= 15 is 0 Å². The van der Waals surface area contributed by atoms with Crippen LogP contribution in [0.3, 0.4) is 0 Å². The average molecular weight is 298 g/mol. The first kappa shape index (κ1) is 18.5. The fourth-order valence-electron chi connectivity index (χ4n) is 2.55. The first-order chi connectivity index (χ1) is 10.3. The summed E-state index contributed by atoms with van der Waals surface area (Å²) < 4.78 is 10.4. The van der Waals surface area contributed by atoms with Gasteiger partial charge in [-0.05, 0) is 19.3 Å². The molecule has 0 aromatic carbocycles. The van der Waals surface area contributed by atoms with Crippen molar-refractivity contribution in [1.82, 2.24) is 0 Å². The first-order valence-corrected chi connectivity index (χ1v) is 9.10. The third-order valence-corrected chi connectivity index (χ3v) is 4.07. The van der Waals surface area contributed by atoms with Crippen molar-refractivity contribution in [2.75, 3.05) is 13.2 Å². The lowest BCUT2D eigenvalue weighted by Gasteiger charge is -2.05. The van der Waals surface area contributed by atoms with Gasteiger partial charge >= 0.3 is 5.97 Å². The summed E-state index contributed by atoms with van der Waals surface area (Å²) in [5.74, 6) is -0.00469. The number of rotatable bonds is 15. The number of epoxide rings is 1. The van der Waals surface area contributed by atoms with Crippen molar-refractivity contribution in [2.24, 2.45) is 0 Å². The number of ether oxygens (including phenoxy) is 2. The number of hydrogen-bond acceptors (Lipinski definition) is 3. The Hall–Kier alpha value is -0.570.